The second-order valence-corrected chi connectivity index (χ2v) is 6.77. The third kappa shape index (κ3) is 4.30. The van der Waals surface area contributed by atoms with Gasteiger partial charge in [0.2, 0.25) is 0 Å². The number of thioether (sulfide) groups is 1. The summed E-state index contributed by atoms with van der Waals surface area (Å²) in [6, 6.07) is 4.43. The lowest BCUT2D eigenvalue weighted by Gasteiger charge is -2.19. The Morgan fingerprint density at radius 2 is 2.25 bits per heavy atom. The Morgan fingerprint density at radius 1 is 1.45 bits per heavy atom. The molecule has 1 N–H and O–H groups in total. The summed E-state index contributed by atoms with van der Waals surface area (Å²) in [5, 5.41) is 5.35. The highest BCUT2D eigenvalue weighted by Gasteiger charge is 2.26. The molecule has 0 spiro atoms. The van der Waals surface area contributed by atoms with Crippen molar-refractivity contribution in [2.24, 2.45) is 10.9 Å². The maximum Gasteiger partial charge on any atom is 0.157 e. The predicted molar refractivity (Wildman–Crippen MR) is 87.4 cm³/mol. The summed E-state index contributed by atoms with van der Waals surface area (Å²) in [7, 11) is 0. The lowest BCUT2D eigenvalue weighted by Crippen LogP contribution is -2.30. The van der Waals surface area contributed by atoms with Crippen molar-refractivity contribution in [1.82, 2.24) is 5.32 Å². The van der Waals surface area contributed by atoms with Crippen molar-refractivity contribution in [3.05, 3.63) is 24.2 Å². The summed E-state index contributed by atoms with van der Waals surface area (Å²) in [6.45, 7) is 7.76. The Kier molecular flexibility index (Phi) is 6.02. The standard InChI is InChI=1S/C16H26N2OS/c1-4-13(5-2)15-11-17-16(20-15)18-12(3)8-9-14-7-6-10-19-14/h6-7,10,12-13,15H,4-5,8-9,11H2,1-3H3,(H,17,18). The van der Waals surface area contributed by atoms with E-state index in [1.165, 1.54) is 12.8 Å². The summed E-state index contributed by atoms with van der Waals surface area (Å²) in [5.41, 5.74) is 0. The van der Waals surface area contributed by atoms with Crippen LogP contribution >= 0.6 is 11.8 Å². The smallest absolute Gasteiger partial charge is 0.157 e. The van der Waals surface area contributed by atoms with Crippen LogP contribution in [-0.4, -0.2) is 23.0 Å². The molecule has 1 aromatic heterocycles. The zero-order valence-corrected chi connectivity index (χ0v) is 13.6. The molecule has 0 aliphatic carbocycles. The molecule has 0 saturated heterocycles. The number of furan rings is 1. The number of nitrogens with zero attached hydrogens (tertiary/aromatic N) is 1. The first-order chi connectivity index (χ1) is 9.72. The van der Waals surface area contributed by atoms with E-state index >= 15 is 0 Å². The molecule has 3 nitrogen and oxygen atoms in total. The van der Waals surface area contributed by atoms with Gasteiger partial charge in [-0.05, 0) is 31.4 Å². The molecule has 2 rings (SSSR count). The van der Waals surface area contributed by atoms with E-state index in [0.717, 1.165) is 36.2 Å². The van der Waals surface area contributed by atoms with Gasteiger partial charge in [-0.3, -0.25) is 4.99 Å². The lowest BCUT2D eigenvalue weighted by molar-refractivity contribution is 0.479. The van der Waals surface area contributed by atoms with Crippen LogP contribution < -0.4 is 5.32 Å². The first-order valence-electron chi connectivity index (χ1n) is 7.72. The zero-order chi connectivity index (χ0) is 14.4. The van der Waals surface area contributed by atoms with Crippen LogP contribution in [0.25, 0.3) is 0 Å². The van der Waals surface area contributed by atoms with Gasteiger partial charge in [-0.1, -0.05) is 38.5 Å². The molecule has 0 bridgehead atoms. The van der Waals surface area contributed by atoms with Gasteiger partial charge in [-0.2, -0.15) is 0 Å². The molecule has 0 fully saturated rings. The van der Waals surface area contributed by atoms with Crippen LogP contribution in [0, 0.1) is 5.92 Å². The average molecular weight is 294 g/mol. The minimum Gasteiger partial charge on any atom is -0.469 e. The molecule has 2 atom stereocenters. The Labute approximate surface area is 126 Å². The second kappa shape index (κ2) is 7.77. The second-order valence-electron chi connectivity index (χ2n) is 5.54. The number of aliphatic imine (C=N–C) groups is 1. The molecule has 2 heterocycles. The minimum atomic E-state index is 0.437. The molecule has 4 heteroatoms. The highest BCUT2D eigenvalue weighted by molar-refractivity contribution is 8.14. The molecular weight excluding hydrogens is 268 g/mol. The maximum absolute atomic E-state index is 5.37. The van der Waals surface area contributed by atoms with E-state index in [9.17, 15) is 0 Å². The summed E-state index contributed by atoms with van der Waals surface area (Å²) in [5.74, 6) is 1.86. The molecule has 1 aliphatic heterocycles. The number of rotatable bonds is 7. The molecule has 0 amide bonds. The molecule has 20 heavy (non-hydrogen) atoms. The number of amidine groups is 1. The normalized spacial score (nSPS) is 20.2. The summed E-state index contributed by atoms with van der Waals surface area (Å²) in [4.78, 5) is 4.66. The van der Waals surface area contributed by atoms with Crippen molar-refractivity contribution in [3.8, 4) is 0 Å². The van der Waals surface area contributed by atoms with Crippen molar-refractivity contribution < 1.29 is 4.42 Å². The van der Waals surface area contributed by atoms with E-state index in [1.54, 1.807) is 6.26 Å². The molecule has 112 valence electrons. The van der Waals surface area contributed by atoms with Crippen molar-refractivity contribution in [2.45, 2.75) is 57.7 Å². The largest absolute Gasteiger partial charge is 0.469 e. The third-order valence-corrected chi connectivity index (χ3v) is 5.33. The van der Waals surface area contributed by atoms with Crippen molar-refractivity contribution >= 4 is 16.9 Å². The van der Waals surface area contributed by atoms with E-state index in [0.29, 0.717) is 11.3 Å². The fraction of sp³-hybridized carbons (Fsp3) is 0.688. The Hall–Kier alpha value is -0.900. The van der Waals surface area contributed by atoms with E-state index in [4.69, 9.17) is 4.42 Å². The van der Waals surface area contributed by atoms with Gasteiger partial charge in [0.1, 0.15) is 5.76 Å². The fourth-order valence-electron chi connectivity index (χ4n) is 2.63. The first kappa shape index (κ1) is 15.5. The van der Waals surface area contributed by atoms with Gasteiger partial charge in [0.15, 0.2) is 5.17 Å². The average Bonchev–Trinajstić information content (AvgIpc) is 3.10. The first-order valence-corrected chi connectivity index (χ1v) is 8.60. The number of nitrogens with one attached hydrogen (secondary N) is 1. The molecule has 0 aromatic carbocycles. The van der Waals surface area contributed by atoms with Gasteiger partial charge < -0.3 is 9.73 Å². The van der Waals surface area contributed by atoms with Crippen LogP contribution in [0.1, 0.15) is 45.8 Å². The van der Waals surface area contributed by atoms with Crippen LogP contribution in [0.3, 0.4) is 0 Å². The molecule has 0 radical (unpaired) electrons. The monoisotopic (exact) mass is 294 g/mol. The van der Waals surface area contributed by atoms with Crippen LogP contribution in [0.5, 0.6) is 0 Å². The van der Waals surface area contributed by atoms with Gasteiger partial charge in [0.05, 0.1) is 12.8 Å². The van der Waals surface area contributed by atoms with E-state index in [2.05, 4.69) is 31.1 Å². The predicted octanol–water partition coefficient (Wildman–Crippen LogP) is 4.10. The van der Waals surface area contributed by atoms with E-state index in [-0.39, 0.29) is 0 Å². The highest BCUT2D eigenvalue weighted by Crippen LogP contribution is 2.30. The third-order valence-electron chi connectivity index (χ3n) is 4.03. The maximum atomic E-state index is 5.37. The number of hydrogen-bond acceptors (Lipinski definition) is 4. The molecule has 1 aromatic rings. The SMILES string of the molecule is CCC(CC)C1CN=C(NC(C)CCc2ccco2)S1. The van der Waals surface area contributed by atoms with Crippen LogP contribution in [0.2, 0.25) is 0 Å². The molecular formula is C16H26N2OS. The molecule has 0 saturated carbocycles. The van der Waals surface area contributed by atoms with Crippen molar-refractivity contribution in [3.63, 3.8) is 0 Å². The van der Waals surface area contributed by atoms with E-state index in [1.807, 2.05) is 23.9 Å². The van der Waals surface area contributed by atoms with Crippen LogP contribution in [0.4, 0.5) is 0 Å². The lowest BCUT2D eigenvalue weighted by atomic mass is 9.99. The van der Waals surface area contributed by atoms with Gasteiger partial charge in [0.25, 0.3) is 0 Å². The number of hydrogen-bond donors (Lipinski definition) is 1. The van der Waals surface area contributed by atoms with Crippen molar-refractivity contribution in [1.29, 1.82) is 0 Å². The van der Waals surface area contributed by atoms with Gasteiger partial charge in [-0.15, -0.1) is 0 Å². The van der Waals surface area contributed by atoms with Gasteiger partial charge >= 0.3 is 0 Å². The fourth-order valence-corrected chi connectivity index (χ4v) is 4.06. The zero-order valence-electron chi connectivity index (χ0n) is 12.8. The highest BCUT2D eigenvalue weighted by atomic mass is 32.2. The Morgan fingerprint density at radius 3 is 2.90 bits per heavy atom. The summed E-state index contributed by atoms with van der Waals surface area (Å²) < 4.78 is 5.37. The van der Waals surface area contributed by atoms with Gasteiger partial charge in [-0.25, -0.2) is 0 Å². The number of aryl methyl sites for hydroxylation is 1. The molecule has 2 unspecified atom stereocenters. The quantitative estimate of drug-likeness (QED) is 0.822. The van der Waals surface area contributed by atoms with Crippen LogP contribution in [0.15, 0.2) is 27.8 Å². The summed E-state index contributed by atoms with van der Waals surface area (Å²) in [6.07, 6.45) is 6.30. The van der Waals surface area contributed by atoms with E-state index < -0.39 is 0 Å². The van der Waals surface area contributed by atoms with Crippen molar-refractivity contribution in [2.75, 3.05) is 6.54 Å². The Balaban J connectivity index is 1.71. The topological polar surface area (TPSA) is 37.5 Å². The minimum absolute atomic E-state index is 0.437. The Bertz CT molecular complexity index is 412. The van der Waals surface area contributed by atoms with Crippen LogP contribution in [-0.2, 0) is 6.42 Å². The molecule has 1 aliphatic rings. The van der Waals surface area contributed by atoms with Gasteiger partial charge in [0, 0.05) is 17.7 Å². The summed E-state index contributed by atoms with van der Waals surface area (Å²) >= 11 is 1.94.